The normalized spacial score (nSPS) is 28.2. The Labute approximate surface area is 121 Å². The van der Waals surface area contributed by atoms with Crippen molar-refractivity contribution in [3.05, 3.63) is 23.8 Å². The quantitative estimate of drug-likeness (QED) is 0.906. The number of carbonyl (C=O) groups is 1. The molecule has 1 aromatic heterocycles. The number of hydrogen-bond acceptors (Lipinski definition) is 5. The number of aliphatic carboxylic acids is 1. The summed E-state index contributed by atoms with van der Waals surface area (Å²) in [5.41, 5.74) is 1.78. The number of rotatable bonds is 2. The maximum atomic E-state index is 11.7. The van der Waals surface area contributed by atoms with Crippen LogP contribution in [-0.4, -0.2) is 42.4 Å². The third-order valence-electron chi connectivity index (χ3n) is 4.67. The fourth-order valence-corrected chi connectivity index (χ4v) is 3.39. The molecule has 0 unspecified atom stereocenters. The molecule has 0 spiro atoms. The highest BCUT2D eigenvalue weighted by Crippen LogP contribution is 2.43. The third-order valence-corrected chi connectivity index (χ3v) is 4.67. The molecule has 2 aliphatic heterocycles. The molecule has 0 saturated carbocycles. The number of carboxylic acids is 1. The van der Waals surface area contributed by atoms with E-state index < -0.39 is 11.4 Å². The van der Waals surface area contributed by atoms with E-state index in [-0.39, 0.29) is 12.5 Å². The number of ether oxygens (including phenoxy) is 1. The Bertz CT molecular complexity index is 726. The Balaban J connectivity index is 1.71. The van der Waals surface area contributed by atoms with Gasteiger partial charge < -0.3 is 19.2 Å². The zero-order valence-electron chi connectivity index (χ0n) is 11.7. The predicted molar refractivity (Wildman–Crippen MR) is 75.3 cm³/mol. The van der Waals surface area contributed by atoms with Crippen LogP contribution in [0.15, 0.2) is 22.6 Å². The summed E-state index contributed by atoms with van der Waals surface area (Å²) in [5.74, 6) is -0.800. The molecule has 4 rings (SSSR count). The summed E-state index contributed by atoms with van der Waals surface area (Å²) in [7, 11) is 0. The van der Waals surface area contributed by atoms with E-state index in [9.17, 15) is 9.90 Å². The molecule has 1 aromatic carbocycles. The highest BCUT2D eigenvalue weighted by Gasteiger charge is 2.57. The van der Waals surface area contributed by atoms with Crippen LogP contribution in [0.5, 0.6) is 0 Å². The Morgan fingerprint density at radius 3 is 3.10 bits per heavy atom. The molecule has 1 N–H and O–H groups in total. The fourth-order valence-electron chi connectivity index (χ4n) is 3.39. The van der Waals surface area contributed by atoms with Gasteiger partial charge >= 0.3 is 5.97 Å². The standard InChI is InChI=1S/C15H16N2O4/c1-9-3-2-4-11-12(9)21-14(16-11)17-5-10-6-20-8-15(10,7-17)13(18)19/h2-4,10H,5-8H2,1H3,(H,18,19)/t10-,15-/m1/s1. The SMILES string of the molecule is Cc1cccc2nc(N3C[C@@H]4COC[C@]4(C(=O)O)C3)oc12. The van der Waals surface area contributed by atoms with Crippen molar-refractivity contribution in [2.45, 2.75) is 6.92 Å². The molecule has 2 atom stereocenters. The number of anilines is 1. The van der Waals surface area contributed by atoms with Crippen molar-refractivity contribution >= 4 is 23.1 Å². The number of fused-ring (bicyclic) bond motifs is 2. The minimum absolute atomic E-state index is 0.00823. The first-order chi connectivity index (χ1) is 10.1. The van der Waals surface area contributed by atoms with Crippen molar-refractivity contribution in [2.24, 2.45) is 11.3 Å². The minimum Gasteiger partial charge on any atom is -0.481 e. The molecule has 21 heavy (non-hydrogen) atoms. The summed E-state index contributed by atoms with van der Waals surface area (Å²) in [4.78, 5) is 18.1. The molecule has 0 amide bonds. The molecule has 2 aliphatic rings. The maximum Gasteiger partial charge on any atom is 0.314 e. The van der Waals surface area contributed by atoms with Crippen LogP contribution < -0.4 is 4.90 Å². The molecule has 0 aliphatic carbocycles. The number of aryl methyl sites for hydroxylation is 1. The Kier molecular flexibility index (Phi) is 2.53. The lowest BCUT2D eigenvalue weighted by atomic mass is 9.81. The van der Waals surface area contributed by atoms with Gasteiger partial charge in [0.05, 0.1) is 13.2 Å². The largest absolute Gasteiger partial charge is 0.481 e. The second-order valence-corrected chi connectivity index (χ2v) is 5.97. The van der Waals surface area contributed by atoms with Crippen LogP contribution >= 0.6 is 0 Å². The zero-order chi connectivity index (χ0) is 14.6. The van der Waals surface area contributed by atoms with Crippen LogP contribution in [0, 0.1) is 18.3 Å². The number of para-hydroxylation sites is 1. The van der Waals surface area contributed by atoms with E-state index in [0.29, 0.717) is 25.7 Å². The molecular weight excluding hydrogens is 272 g/mol. The van der Waals surface area contributed by atoms with Gasteiger partial charge in [0.1, 0.15) is 10.9 Å². The third kappa shape index (κ3) is 1.68. The summed E-state index contributed by atoms with van der Waals surface area (Å²) in [6.07, 6.45) is 0. The summed E-state index contributed by atoms with van der Waals surface area (Å²) in [5, 5.41) is 9.57. The molecule has 6 heteroatoms. The van der Waals surface area contributed by atoms with E-state index in [1.165, 1.54) is 0 Å². The molecule has 2 aromatic rings. The van der Waals surface area contributed by atoms with Gasteiger partial charge in [0, 0.05) is 19.0 Å². The van der Waals surface area contributed by atoms with Gasteiger partial charge in [0.2, 0.25) is 0 Å². The first-order valence-corrected chi connectivity index (χ1v) is 7.02. The van der Waals surface area contributed by atoms with Crippen LogP contribution in [0.2, 0.25) is 0 Å². The minimum atomic E-state index is -0.824. The lowest BCUT2D eigenvalue weighted by Crippen LogP contribution is -2.39. The molecule has 0 radical (unpaired) electrons. The van der Waals surface area contributed by atoms with Crippen LogP contribution in [0.1, 0.15) is 5.56 Å². The van der Waals surface area contributed by atoms with Gasteiger partial charge in [0.15, 0.2) is 5.58 Å². The van der Waals surface area contributed by atoms with Crippen LogP contribution in [0.3, 0.4) is 0 Å². The van der Waals surface area contributed by atoms with E-state index in [4.69, 9.17) is 9.15 Å². The van der Waals surface area contributed by atoms with Crippen LogP contribution in [0.25, 0.3) is 11.1 Å². The number of oxazole rings is 1. The van der Waals surface area contributed by atoms with Crippen molar-refractivity contribution in [1.82, 2.24) is 4.98 Å². The number of hydrogen-bond donors (Lipinski definition) is 1. The summed E-state index contributed by atoms with van der Waals surface area (Å²) in [6, 6.07) is 6.33. The van der Waals surface area contributed by atoms with E-state index >= 15 is 0 Å². The van der Waals surface area contributed by atoms with Gasteiger partial charge in [-0.25, -0.2) is 0 Å². The van der Waals surface area contributed by atoms with Gasteiger partial charge in [-0.15, -0.1) is 0 Å². The molecule has 0 bridgehead atoms. The Morgan fingerprint density at radius 1 is 1.52 bits per heavy atom. The van der Waals surface area contributed by atoms with Crippen molar-refractivity contribution < 1.29 is 19.1 Å². The van der Waals surface area contributed by atoms with Gasteiger partial charge in [0.25, 0.3) is 6.01 Å². The van der Waals surface area contributed by atoms with Crippen molar-refractivity contribution in [2.75, 3.05) is 31.2 Å². The summed E-state index contributed by atoms with van der Waals surface area (Å²) in [6.45, 7) is 3.73. The highest BCUT2D eigenvalue weighted by atomic mass is 16.5. The second-order valence-electron chi connectivity index (χ2n) is 5.97. The Hall–Kier alpha value is -2.08. The van der Waals surface area contributed by atoms with Gasteiger partial charge in [-0.1, -0.05) is 12.1 Å². The van der Waals surface area contributed by atoms with E-state index in [1.54, 1.807) is 0 Å². The lowest BCUT2D eigenvalue weighted by Gasteiger charge is -2.20. The van der Waals surface area contributed by atoms with Gasteiger partial charge in [-0.2, -0.15) is 4.98 Å². The molecular formula is C15H16N2O4. The maximum absolute atomic E-state index is 11.7. The van der Waals surface area contributed by atoms with Gasteiger partial charge in [-0.05, 0) is 18.6 Å². The van der Waals surface area contributed by atoms with Crippen molar-refractivity contribution in [3.8, 4) is 0 Å². The van der Waals surface area contributed by atoms with Crippen molar-refractivity contribution in [1.29, 1.82) is 0 Å². The van der Waals surface area contributed by atoms with E-state index in [0.717, 1.165) is 16.7 Å². The molecule has 6 nitrogen and oxygen atoms in total. The highest BCUT2D eigenvalue weighted by molar-refractivity contribution is 5.80. The average molecular weight is 288 g/mol. The smallest absolute Gasteiger partial charge is 0.314 e. The van der Waals surface area contributed by atoms with Crippen LogP contribution in [0.4, 0.5) is 6.01 Å². The first-order valence-electron chi connectivity index (χ1n) is 7.02. The number of aromatic nitrogens is 1. The van der Waals surface area contributed by atoms with Crippen molar-refractivity contribution in [3.63, 3.8) is 0 Å². The molecule has 2 fully saturated rings. The first kappa shape index (κ1) is 12.6. The van der Waals surface area contributed by atoms with E-state index in [1.807, 2.05) is 30.0 Å². The molecule has 3 heterocycles. The van der Waals surface area contributed by atoms with E-state index in [2.05, 4.69) is 4.98 Å². The molecule has 2 saturated heterocycles. The summed E-state index contributed by atoms with van der Waals surface area (Å²) >= 11 is 0. The van der Waals surface area contributed by atoms with Crippen LogP contribution in [-0.2, 0) is 9.53 Å². The lowest BCUT2D eigenvalue weighted by molar-refractivity contribution is -0.149. The summed E-state index contributed by atoms with van der Waals surface area (Å²) < 4.78 is 11.2. The fraction of sp³-hybridized carbons (Fsp3) is 0.467. The second kappa shape index (κ2) is 4.21. The monoisotopic (exact) mass is 288 g/mol. The average Bonchev–Trinajstić information content (AvgIpc) is 3.09. The number of benzene rings is 1. The number of nitrogens with zero attached hydrogens (tertiary/aromatic N) is 2. The Morgan fingerprint density at radius 2 is 2.38 bits per heavy atom. The number of carboxylic acid groups (broad SMARTS) is 1. The molecule has 110 valence electrons. The topological polar surface area (TPSA) is 75.8 Å². The zero-order valence-corrected chi connectivity index (χ0v) is 11.7. The predicted octanol–water partition coefficient (Wildman–Crippen LogP) is 1.67. The van der Waals surface area contributed by atoms with Gasteiger partial charge in [-0.3, -0.25) is 4.79 Å².